The van der Waals surface area contributed by atoms with Crippen molar-refractivity contribution in [3.05, 3.63) is 68.7 Å². The van der Waals surface area contributed by atoms with Crippen LogP contribution in [0.25, 0.3) is 0 Å². The Labute approximate surface area is 184 Å². The Balaban J connectivity index is 2.03. The van der Waals surface area contributed by atoms with Gasteiger partial charge in [-0.05, 0) is 42.8 Å². The number of imidazole rings is 1. The molecular weight excluding hydrogens is 505 g/mol. The quantitative estimate of drug-likeness (QED) is 0.512. The average Bonchev–Trinajstić information content (AvgIpc) is 3.14. The Morgan fingerprint density at radius 1 is 1.10 bits per heavy atom. The third kappa shape index (κ3) is 3.17. The van der Waals surface area contributed by atoms with Crippen molar-refractivity contribution in [3.63, 3.8) is 0 Å². The molecule has 11 heteroatoms. The molecule has 4 rings (SSSR count). The van der Waals surface area contributed by atoms with Gasteiger partial charge in [0.25, 0.3) is 5.91 Å². The molecule has 150 valence electrons. The number of aromatic nitrogens is 2. The van der Waals surface area contributed by atoms with Crippen LogP contribution in [0.1, 0.15) is 12.5 Å². The summed E-state index contributed by atoms with van der Waals surface area (Å²) in [5.41, 5.74) is -0.667. The number of carbonyl (C=O) groups excluding carboxylic acids is 1. The molecule has 0 saturated heterocycles. The highest BCUT2D eigenvalue weighted by Crippen LogP contribution is 2.46. The van der Waals surface area contributed by atoms with Gasteiger partial charge < -0.3 is 0 Å². The number of benzene rings is 2. The first kappa shape index (κ1) is 20.4. The summed E-state index contributed by atoms with van der Waals surface area (Å²) in [5.74, 6) is -0.461. The molecule has 2 aromatic carbocycles. The Kier molecular flexibility index (Phi) is 4.79. The molecule has 1 aliphatic rings. The molecule has 7 nitrogen and oxygen atoms in total. The molecule has 0 aliphatic carbocycles. The summed E-state index contributed by atoms with van der Waals surface area (Å²) in [6.45, 7) is 1.56. The summed E-state index contributed by atoms with van der Waals surface area (Å²) in [7, 11) is -4.66. The van der Waals surface area contributed by atoms with E-state index >= 15 is 0 Å². The van der Waals surface area contributed by atoms with E-state index in [0.29, 0.717) is 21.3 Å². The fourth-order valence-corrected chi connectivity index (χ4v) is 4.88. The van der Waals surface area contributed by atoms with E-state index in [1.807, 2.05) is 0 Å². The van der Waals surface area contributed by atoms with Gasteiger partial charge in [0.05, 0.1) is 11.9 Å². The molecule has 29 heavy (non-hydrogen) atoms. The standard InChI is InChI=1S/C18H12BrCl2N3O4S/c1-18(10-2-4-11(19)5-3-10)16(25)23(14-7-12(20)6-13(21)8-14)17-22-9-15(24(17)18)29(26,27)28/h2-9H,1H3,(H,26,27,28)/t18-/m1/s1. The van der Waals surface area contributed by atoms with Crippen LogP contribution in [0.4, 0.5) is 11.6 Å². The molecular formula is C18H12BrCl2N3O4S. The van der Waals surface area contributed by atoms with Gasteiger partial charge in [-0.15, -0.1) is 0 Å². The summed E-state index contributed by atoms with van der Waals surface area (Å²) in [5, 5.41) is 0.0956. The number of amides is 1. The van der Waals surface area contributed by atoms with Gasteiger partial charge in [-0.1, -0.05) is 51.3 Å². The molecule has 0 unspecified atom stereocenters. The molecule has 1 atom stereocenters. The highest BCUT2D eigenvalue weighted by atomic mass is 79.9. The molecule has 0 radical (unpaired) electrons. The van der Waals surface area contributed by atoms with Gasteiger partial charge in [0.1, 0.15) is 0 Å². The van der Waals surface area contributed by atoms with E-state index in [1.54, 1.807) is 31.2 Å². The Bertz CT molecular complexity index is 1240. The van der Waals surface area contributed by atoms with E-state index in [0.717, 1.165) is 10.7 Å². The third-order valence-corrected chi connectivity index (χ3v) is 6.54. The maximum Gasteiger partial charge on any atom is 0.312 e. The first-order valence-electron chi connectivity index (χ1n) is 8.16. The number of hydrogen-bond acceptors (Lipinski definition) is 4. The fourth-order valence-electron chi connectivity index (χ4n) is 3.42. The van der Waals surface area contributed by atoms with Crippen LogP contribution in [0.15, 0.2) is 58.2 Å². The van der Waals surface area contributed by atoms with Crippen molar-refractivity contribution in [3.8, 4) is 0 Å². The van der Waals surface area contributed by atoms with Crippen LogP contribution < -0.4 is 4.90 Å². The molecule has 1 aromatic heterocycles. The van der Waals surface area contributed by atoms with Gasteiger partial charge in [-0.25, -0.2) is 9.88 Å². The molecule has 1 N–H and O–H groups in total. The molecule has 3 aromatic rings. The highest BCUT2D eigenvalue weighted by molar-refractivity contribution is 9.10. The number of nitrogens with zero attached hydrogens (tertiary/aromatic N) is 3. The SMILES string of the molecule is C[C@@]1(c2ccc(Br)cc2)C(=O)N(c2cc(Cl)cc(Cl)c2)c2ncc(S(=O)(=O)O)n21. The normalized spacial score (nSPS) is 18.9. The second-order valence-corrected chi connectivity index (χ2v) is 9.71. The minimum Gasteiger partial charge on any atom is -0.281 e. The van der Waals surface area contributed by atoms with Gasteiger partial charge in [-0.2, -0.15) is 8.42 Å². The molecule has 1 aliphatic heterocycles. The monoisotopic (exact) mass is 515 g/mol. The van der Waals surface area contributed by atoms with Gasteiger partial charge in [0, 0.05) is 14.5 Å². The van der Waals surface area contributed by atoms with E-state index in [9.17, 15) is 17.8 Å². The van der Waals surface area contributed by atoms with Crippen molar-refractivity contribution in [2.75, 3.05) is 4.90 Å². The van der Waals surface area contributed by atoms with Crippen LogP contribution in [-0.2, 0) is 20.5 Å². The predicted molar refractivity (Wildman–Crippen MR) is 113 cm³/mol. The van der Waals surface area contributed by atoms with Crippen LogP contribution in [0.2, 0.25) is 10.0 Å². The van der Waals surface area contributed by atoms with Crippen molar-refractivity contribution >= 4 is 66.8 Å². The van der Waals surface area contributed by atoms with Crippen LogP contribution in [-0.4, -0.2) is 28.4 Å². The van der Waals surface area contributed by atoms with Crippen LogP contribution >= 0.6 is 39.1 Å². The number of hydrogen-bond donors (Lipinski definition) is 1. The molecule has 0 fully saturated rings. The zero-order valence-corrected chi connectivity index (χ0v) is 18.6. The molecule has 0 bridgehead atoms. The first-order chi connectivity index (χ1) is 13.5. The Hall–Kier alpha value is -1.91. The van der Waals surface area contributed by atoms with Gasteiger partial charge in [-0.3, -0.25) is 13.9 Å². The lowest BCUT2D eigenvalue weighted by Crippen LogP contribution is -2.41. The largest absolute Gasteiger partial charge is 0.312 e. The lowest BCUT2D eigenvalue weighted by atomic mass is 9.91. The van der Waals surface area contributed by atoms with Crippen molar-refractivity contribution in [1.29, 1.82) is 0 Å². The molecule has 0 saturated carbocycles. The molecule has 0 spiro atoms. The van der Waals surface area contributed by atoms with Crippen molar-refractivity contribution in [2.24, 2.45) is 0 Å². The number of rotatable bonds is 3. The summed E-state index contributed by atoms with van der Waals surface area (Å²) in [4.78, 5) is 19.0. The highest BCUT2D eigenvalue weighted by Gasteiger charge is 2.52. The van der Waals surface area contributed by atoms with Crippen molar-refractivity contribution in [2.45, 2.75) is 17.5 Å². The van der Waals surface area contributed by atoms with E-state index < -0.39 is 26.6 Å². The van der Waals surface area contributed by atoms with E-state index in [4.69, 9.17) is 23.2 Å². The second kappa shape index (κ2) is 6.82. The van der Waals surface area contributed by atoms with E-state index in [1.165, 1.54) is 27.7 Å². The lowest BCUT2D eigenvalue weighted by molar-refractivity contribution is -0.122. The minimum absolute atomic E-state index is 0.0198. The third-order valence-electron chi connectivity index (χ3n) is 4.75. The zero-order valence-electron chi connectivity index (χ0n) is 14.7. The van der Waals surface area contributed by atoms with Crippen LogP contribution in [0.5, 0.6) is 0 Å². The maximum absolute atomic E-state index is 13.6. The van der Waals surface area contributed by atoms with Crippen LogP contribution in [0, 0.1) is 0 Å². The number of anilines is 2. The first-order valence-corrected chi connectivity index (χ1v) is 11.1. The van der Waals surface area contributed by atoms with Gasteiger partial charge in [0.2, 0.25) is 5.95 Å². The summed E-state index contributed by atoms with van der Waals surface area (Å²) in [6.07, 6.45) is 1.01. The van der Waals surface area contributed by atoms with E-state index in [2.05, 4.69) is 20.9 Å². The Morgan fingerprint density at radius 3 is 2.24 bits per heavy atom. The fraction of sp³-hybridized carbons (Fsp3) is 0.111. The van der Waals surface area contributed by atoms with E-state index in [-0.39, 0.29) is 5.95 Å². The average molecular weight is 517 g/mol. The molecule has 1 amide bonds. The zero-order chi connectivity index (χ0) is 21.1. The van der Waals surface area contributed by atoms with Crippen LogP contribution in [0.3, 0.4) is 0 Å². The molecule has 2 heterocycles. The lowest BCUT2D eigenvalue weighted by Gasteiger charge is -2.26. The topological polar surface area (TPSA) is 92.5 Å². The number of fused-ring (bicyclic) bond motifs is 1. The minimum atomic E-state index is -4.66. The summed E-state index contributed by atoms with van der Waals surface area (Å²) >= 11 is 15.5. The van der Waals surface area contributed by atoms with Gasteiger partial charge >= 0.3 is 10.1 Å². The van der Waals surface area contributed by atoms with Crippen molar-refractivity contribution in [1.82, 2.24) is 9.55 Å². The smallest absolute Gasteiger partial charge is 0.281 e. The number of carbonyl (C=O) groups is 1. The number of halogens is 3. The Morgan fingerprint density at radius 2 is 1.69 bits per heavy atom. The van der Waals surface area contributed by atoms with Crippen molar-refractivity contribution < 1.29 is 17.8 Å². The summed E-state index contributed by atoms with van der Waals surface area (Å²) in [6, 6.07) is 11.4. The maximum atomic E-state index is 13.6. The predicted octanol–water partition coefficient (Wildman–Crippen LogP) is 4.64. The second-order valence-electron chi connectivity index (χ2n) is 6.55. The van der Waals surface area contributed by atoms with Gasteiger partial charge in [0.15, 0.2) is 10.6 Å². The summed E-state index contributed by atoms with van der Waals surface area (Å²) < 4.78 is 35.7.